The fourth-order valence-corrected chi connectivity index (χ4v) is 1.85. The normalized spacial score (nSPS) is 10.2. The first-order valence-electron chi connectivity index (χ1n) is 5.83. The van der Waals surface area contributed by atoms with Gasteiger partial charge in [-0.1, -0.05) is 15.9 Å². The number of nitro benzene ring substituents is 1. The Labute approximate surface area is 119 Å². The number of ether oxygens (including phenoxy) is 1. The Bertz CT molecular complexity index is 465. The van der Waals surface area contributed by atoms with Crippen LogP contribution in [0.2, 0.25) is 0 Å². The molecule has 1 aromatic rings. The largest absolute Gasteiger partial charge is 0.466 e. The van der Waals surface area contributed by atoms with Crippen molar-refractivity contribution in [1.29, 1.82) is 0 Å². The maximum atomic E-state index is 11.1. The highest BCUT2D eigenvalue weighted by atomic mass is 79.9. The Morgan fingerprint density at radius 2 is 2.26 bits per heavy atom. The molecule has 0 unspecified atom stereocenters. The van der Waals surface area contributed by atoms with Gasteiger partial charge in [-0.15, -0.1) is 0 Å². The predicted octanol–water partition coefficient (Wildman–Crippen LogP) is 2.40. The van der Waals surface area contributed by atoms with Crippen LogP contribution in [0.3, 0.4) is 0 Å². The van der Waals surface area contributed by atoms with Crippen LogP contribution in [0.4, 0.5) is 5.69 Å². The lowest BCUT2D eigenvalue weighted by Gasteiger charge is -2.06. The van der Waals surface area contributed by atoms with E-state index in [4.69, 9.17) is 4.74 Å². The standard InChI is InChI=1S/C12H15BrN2O4/c1-2-19-12(16)5-6-14-8-9-3-4-10(13)7-11(9)15(17)18/h3-4,7,14H,2,5-6,8H2,1H3. The van der Waals surface area contributed by atoms with Crippen molar-refractivity contribution in [2.45, 2.75) is 19.9 Å². The fraction of sp³-hybridized carbons (Fsp3) is 0.417. The number of halogens is 1. The summed E-state index contributed by atoms with van der Waals surface area (Å²) in [6, 6.07) is 4.89. The molecule has 0 saturated carbocycles. The third-order valence-electron chi connectivity index (χ3n) is 2.37. The molecule has 0 amide bonds. The van der Waals surface area contributed by atoms with Crippen molar-refractivity contribution in [1.82, 2.24) is 5.32 Å². The van der Waals surface area contributed by atoms with Gasteiger partial charge in [0.1, 0.15) is 0 Å². The molecule has 0 aliphatic rings. The first-order chi connectivity index (χ1) is 9.04. The molecule has 104 valence electrons. The number of nitrogens with one attached hydrogen (secondary N) is 1. The molecule has 1 rings (SSSR count). The minimum absolute atomic E-state index is 0.0537. The summed E-state index contributed by atoms with van der Waals surface area (Å²) in [7, 11) is 0. The molecule has 0 spiro atoms. The Balaban J connectivity index is 2.49. The van der Waals surface area contributed by atoms with E-state index in [1.165, 1.54) is 6.07 Å². The van der Waals surface area contributed by atoms with E-state index in [1.807, 2.05) is 0 Å². The Morgan fingerprint density at radius 3 is 2.89 bits per heavy atom. The van der Waals surface area contributed by atoms with Gasteiger partial charge in [-0.2, -0.15) is 0 Å². The van der Waals surface area contributed by atoms with Gasteiger partial charge in [-0.05, 0) is 19.1 Å². The van der Waals surface area contributed by atoms with Crippen LogP contribution >= 0.6 is 15.9 Å². The molecule has 19 heavy (non-hydrogen) atoms. The van der Waals surface area contributed by atoms with Crippen molar-refractivity contribution >= 4 is 27.6 Å². The summed E-state index contributed by atoms with van der Waals surface area (Å²) in [5.74, 6) is -0.277. The molecule has 0 fully saturated rings. The quantitative estimate of drug-likeness (QED) is 0.359. The van der Waals surface area contributed by atoms with Crippen molar-refractivity contribution in [3.05, 3.63) is 38.3 Å². The lowest BCUT2D eigenvalue weighted by molar-refractivity contribution is -0.385. The highest BCUT2D eigenvalue weighted by Gasteiger charge is 2.13. The van der Waals surface area contributed by atoms with E-state index in [0.29, 0.717) is 29.7 Å². The molecule has 1 N–H and O–H groups in total. The number of nitrogens with zero attached hydrogens (tertiary/aromatic N) is 1. The average molecular weight is 331 g/mol. The first-order valence-corrected chi connectivity index (χ1v) is 6.63. The van der Waals surface area contributed by atoms with Crippen molar-refractivity contribution in [2.75, 3.05) is 13.2 Å². The average Bonchev–Trinajstić information content (AvgIpc) is 2.36. The molecule has 0 bridgehead atoms. The molecule has 0 atom stereocenters. The summed E-state index contributed by atoms with van der Waals surface area (Å²) >= 11 is 3.20. The maximum Gasteiger partial charge on any atom is 0.307 e. The van der Waals surface area contributed by atoms with Gasteiger partial charge in [0.25, 0.3) is 5.69 Å². The summed E-state index contributed by atoms with van der Waals surface area (Å²) in [6.45, 7) is 2.86. The van der Waals surface area contributed by atoms with E-state index in [9.17, 15) is 14.9 Å². The number of benzene rings is 1. The van der Waals surface area contributed by atoms with Gasteiger partial charge in [0.2, 0.25) is 0 Å². The van der Waals surface area contributed by atoms with Gasteiger partial charge < -0.3 is 10.1 Å². The van der Waals surface area contributed by atoms with Crippen molar-refractivity contribution in [3.8, 4) is 0 Å². The van der Waals surface area contributed by atoms with E-state index in [2.05, 4.69) is 21.2 Å². The second-order valence-corrected chi connectivity index (χ2v) is 4.68. The molecule has 0 aliphatic heterocycles. The van der Waals surface area contributed by atoms with E-state index in [-0.39, 0.29) is 18.1 Å². The van der Waals surface area contributed by atoms with Crippen LogP contribution in [0.25, 0.3) is 0 Å². The molecule has 0 aromatic heterocycles. The number of esters is 1. The minimum atomic E-state index is -0.423. The predicted molar refractivity (Wildman–Crippen MR) is 73.8 cm³/mol. The summed E-state index contributed by atoms with van der Waals surface area (Å²) < 4.78 is 5.44. The molecule has 0 heterocycles. The van der Waals surface area contributed by atoms with Crippen LogP contribution in [-0.2, 0) is 16.1 Å². The minimum Gasteiger partial charge on any atom is -0.466 e. The first kappa shape index (κ1) is 15.6. The molecule has 6 nitrogen and oxygen atoms in total. The molecule has 0 saturated heterocycles. The molecule has 7 heteroatoms. The lowest BCUT2D eigenvalue weighted by atomic mass is 10.2. The summed E-state index contributed by atoms with van der Waals surface area (Å²) in [6.07, 6.45) is 0.248. The number of hydrogen-bond donors (Lipinski definition) is 1. The van der Waals surface area contributed by atoms with E-state index in [1.54, 1.807) is 19.1 Å². The molecular weight excluding hydrogens is 316 g/mol. The Hall–Kier alpha value is -1.47. The van der Waals surface area contributed by atoms with Crippen molar-refractivity contribution in [3.63, 3.8) is 0 Å². The van der Waals surface area contributed by atoms with Crippen LogP contribution in [0.1, 0.15) is 18.9 Å². The van der Waals surface area contributed by atoms with Gasteiger partial charge >= 0.3 is 5.97 Å². The molecular formula is C12H15BrN2O4. The maximum absolute atomic E-state index is 11.1. The van der Waals surface area contributed by atoms with Crippen molar-refractivity contribution < 1.29 is 14.5 Å². The van der Waals surface area contributed by atoms with Crippen molar-refractivity contribution in [2.24, 2.45) is 0 Å². The van der Waals surface area contributed by atoms with E-state index < -0.39 is 4.92 Å². The van der Waals surface area contributed by atoms with Gasteiger partial charge in [0.05, 0.1) is 18.0 Å². The monoisotopic (exact) mass is 330 g/mol. The Morgan fingerprint density at radius 1 is 1.53 bits per heavy atom. The topological polar surface area (TPSA) is 81.5 Å². The number of hydrogen-bond acceptors (Lipinski definition) is 5. The van der Waals surface area contributed by atoms with Crippen LogP contribution in [0.15, 0.2) is 22.7 Å². The Kier molecular flexibility index (Phi) is 6.44. The summed E-state index contributed by atoms with van der Waals surface area (Å²) in [4.78, 5) is 21.6. The van der Waals surface area contributed by atoms with Gasteiger partial charge in [0.15, 0.2) is 0 Å². The number of carbonyl (C=O) groups excluding carboxylic acids is 1. The fourth-order valence-electron chi connectivity index (χ4n) is 1.50. The third-order valence-corrected chi connectivity index (χ3v) is 2.86. The summed E-state index contributed by atoms with van der Waals surface area (Å²) in [5, 5.41) is 13.9. The lowest BCUT2D eigenvalue weighted by Crippen LogP contribution is -2.19. The van der Waals surface area contributed by atoms with Gasteiger partial charge in [0, 0.05) is 29.2 Å². The zero-order chi connectivity index (χ0) is 14.3. The second kappa shape index (κ2) is 7.85. The summed E-state index contributed by atoms with van der Waals surface area (Å²) in [5.41, 5.74) is 0.634. The SMILES string of the molecule is CCOC(=O)CCNCc1ccc(Br)cc1[N+](=O)[O-]. The number of rotatable bonds is 7. The number of nitro groups is 1. The van der Waals surface area contributed by atoms with Crippen LogP contribution in [0.5, 0.6) is 0 Å². The molecule has 0 radical (unpaired) electrons. The third kappa shape index (κ3) is 5.35. The zero-order valence-electron chi connectivity index (χ0n) is 10.5. The van der Waals surface area contributed by atoms with Gasteiger partial charge in [-0.25, -0.2) is 0 Å². The zero-order valence-corrected chi connectivity index (χ0v) is 12.1. The molecule has 0 aliphatic carbocycles. The highest BCUT2D eigenvalue weighted by Crippen LogP contribution is 2.23. The highest BCUT2D eigenvalue weighted by molar-refractivity contribution is 9.10. The number of carbonyl (C=O) groups is 1. The van der Waals surface area contributed by atoms with Crippen LogP contribution in [-0.4, -0.2) is 24.0 Å². The van der Waals surface area contributed by atoms with E-state index >= 15 is 0 Å². The van der Waals surface area contributed by atoms with Gasteiger partial charge in [-0.3, -0.25) is 14.9 Å². The van der Waals surface area contributed by atoms with Crippen LogP contribution < -0.4 is 5.32 Å². The molecule has 1 aromatic carbocycles. The smallest absolute Gasteiger partial charge is 0.307 e. The second-order valence-electron chi connectivity index (χ2n) is 3.76. The van der Waals surface area contributed by atoms with Crippen LogP contribution in [0, 0.1) is 10.1 Å². The van der Waals surface area contributed by atoms with E-state index in [0.717, 1.165) is 0 Å².